The van der Waals surface area contributed by atoms with Crippen molar-refractivity contribution in [3.63, 3.8) is 0 Å². The van der Waals surface area contributed by atoms with Gasteiger partial charge >= 0.3 is 0 Å². The first-order valence-corrected chi connectivity index (χ1v) is 11.6. The van der Waals surface area contributed by atoms with Gasteiger partial charge in [-0.15, -0.1) is 0 Å². The van der Waals surface area contributed by atoms with Crippen LogP contribution in [-0.4, -0.2) is 31.8 Å². The van der Waals surface area contributed by atoms with Gasteiger partial charge in [0.05, 0.1) is 4.90 Å². The van der Waals surface area contributed by atoms with Gasteiger partial charge in [0.25, 0.3) is 5.91 Å². The van der Waals surface area contributed by atoms with Crippen LogP contribution >= 0.6 is 0 Å². The molecule has 0 unspecified atom stereocenters. The van der Waals surface area contributed by atoms with Crippen molar-refractivity contribution < 1.29 is 22.3 Å². The van der Waals surface area contributed by atoms with E-state index in [1.54, 1.807) is 25.1 Å². The van der Waals surface area contributed by atoms with Gasteiger partial charge < -0.3 is 10.1 Å². The quantitative estimate of drug-likeness (QED) is 0.639. The molecule has 0 bridgehead atoms. The standard InChI is InChI=1S/C24H23FN2O4S/c1-17-7-9-21(14-22(17)25)32(29,30)27-11-12-31-23-10-8-19(13-20(23)16-27)24(28)26-15-18-5-3-2-4-6-18/h2-10,13-14H,11-12,15-16H2,1H3,(H,26,28). The average Bonchev–Trinajstić information content (AvgIpc) is 3.02. The lowest BCUT2D eigenvalue weighted by molar-refractivity contribution is 0.0950. The van der Waals surface area contributed by atoms with Crippen molar-refractivity contribution in [1.29, 1.82) is 0 Å². The molecule has 1 aliphatic rings. The van der Waals surface area contributed by atoms with E-state index in [2.05, 4.69) is 5.32 Å². The number of halogens is 1. The van der Waals surface area contributed by atoms with Gasteiger partial charge in [0, 0.05) is 30.8 Å². The number of ether oxygens (including phenoxy) is 1. The van der Waals surface area contributed by atoms with Gasteiger partial charge in [-0.3, -0.25) is 4.79 Å². The maximum atomic E-state index is 14.0. The number of hydrogen-bond donors (Lipinski definition) is 1. The summed E-state index contributed by atoms with van der Waals surface area (Å²) in [5.41, 5.74) is 2.33. The summed E-state index contributed by atoms with van der Waals surface area (Å²) in [6, 6.07) is 18.4. The smallest absolute Gasteiger partial charge is 0.251 e. The maximum Gasteiger partial charge on any atom is 0.251 e. The van der Waals surface area contributed by atoms with E-state index in [1.165, 1.54) is 16.4 Å². The fourth-order valence-corrected chi connectivity index (χ4v) is 4.89. The second-order valence-corrected chi connectivity index (χ2v) is 9.53. The summed E-state index contributed by atoms with van der Waals surface area (Å²) >= 11 is 0. The van der Waals surface area contributed by atoms with Gasteiger partial charge in [-0.1, -0.05) is 36.4 Å². The minimum absolute atomic E-state index is 0.0208. The third-order valence-electron chi connectivity index (χ3n) is 5.34. The number of fused-ring (bicyclic) bond motifs is 1. The Morgan fingerprint density at radius 2 is 1.88 bits per heavy atom. The number of hydrogen-bond acceptors (Lipinski definition) is 4. The Kier molecular flexibility index (Phi) is 6.25. The first-order valence-electron chi connectivity index (χ1n) is 10.2. The van der Waals surface area contributed by atoms with E-state index in [0.717, 1.165) is 11.6 Å². The molecule has 0 aromatic heterocycles. The van der Waals surface area contributed by atoms with Crippen molar-refractivity contribution >= 4 is 15.9 Å². The second kappa shape index (κ2) is 9.10. The van der Waals surface area contributed by atoms with Crippen molar-refractivity contribution in [2.75, 3.05) is 13.2 Å². The maximum absolute atomic E-state index is 14.0. The summed E-state index contributed by atoms with van der Waals surface area (Å²) in [7, 11) is -3.93. The summed E-state index contributed by atoms with van der Waals surface area (Å²) in [5, 5.41) is 2.86. The number of carbonyl (C=O) groups is 1. The average molecular weight is 455 g/mol. The predicted octanol–water partition coefficient (Wildman–Crippen LogP) is 3.65. The van der Waals surface area contributed by atoms with Crippen LogP contribution in [0.5, 0.6) is 5.75 Å². The monoisotopic (exact) mass is 454 g/mol. The molecule has 0 saturated heterocycles. The minimum atomic E-state index is -3.93. The molecule has 0 fully saturated rings. The molecular formula is C24H23FN2O4S. The summed E-state index contributed by atoms with van der Waals surface area (Å²) in [4.78, 5) is 12.5. The largest absolute Gasteiger partial charge is 0.492 e. The van der Waals surface area contributed by atoms with Gasteiger partial charge in [0.1, 0.15) is 18.2 Å². The molecule has 1 N–H and O–H groups in total. The van der Waals surface area contributed by atoms with Crippen LogP contribution in [-0.2, 0) is 23.1 Å². The molecule has 0 aliphatic carbocycles. The Morgan fingerprint density at radius 1 is 1.09 bits per heavy atom. The molecule has 32 heavy (non-hydrogen) atoms. The zero-order chi connectivity index (χ0) is 22.7. The number of nitrogens with zero attached hydrogens (tertiary/aromatic N) is 1. The highest BCUT2D eigenvalue weighted by molar-refractivity contribution is 7.89. The van der Waals surface area contributed by atoms with Gasteiger partial charge in [0.2, 0.25) is 10.0 Å². The summed E-state index contributed by atoms with van der Waals surface area (Å²) in [5.74, 6) is -0.316. The van der Waals surface area contributed by atoms with Gasteiger partial charge in [0.15, 0.2) is 0 Å². The number of amides is 1. The molecule has 1 heterocycles. The highest BCUT2D eigenvalue weighted by Crippen LogP contribution is 2.28. The fourth-order valence-electron chi connectivity index (χ4n) is 3.48. The third kappa shape index (κ3) is 4.66. The molecule has 0 atom stereocenters. The van der Waals surface area contributed by atoms with Crippen LogP contribution in [0.3, 0.4) is 0 Å². The molecule has 166 valence electrons. The van der Waals surface area contributed by atoms with Crippen molar-refractivity contribution in [3.05, 3.63) is 94.8 Å². The first kappa shape index (κ1) is 22.0. The van der Waals surface area contributed by atoms with E-state index in [-0.39, 0.29) is 30.5 Å². The number of benzene rings is 3. The van der Waals surface area contributed by atoms with Crippen molar-refractivity contribution in [1.82, 2.24) is 9.62 Å². The predicted molar refractivity (Wildman–Crippen MR) is 118 cm³/mol. The zero-order valence-electron chi connectivity index (χ0n) is 17.5. The molecule has 0 saturated carbocycles. The van der Waals surface area contributed by atoms with Crippen LogP contribution in [0.2, 0.25) is 0 Å². The highest BCUT2D eigenvalue weighted by atomic mass is 32.2. The van der Waals surface area contributed by atoms with Crippen LogP contribution in [0.4, 0.5) is 4.39 Å². The second-order valence-electron chi connectivity index (χ2n) is 7.59. The fraction of sp³-hybridized carbons (Fsp3) is 0.208. The Labute approximate surface area is 186 Å². The van der Waals surface area contributed by atoms with Gasteiger partial charge in [-0.2, -0.15) is 4.31 Å². The van der Waals surface area contributed by atoms with Crippen LogP contribution in [0.15, 0.2) is 71.6 Å². The van der Waals surface area contributed by atoms with Crippen LogP contribution in [0.1, 0.15) is 27.0 Å². The van der Waals surface area contributed by atoms with Crippen molar-refractivity contribution in [2.45, 2.75) is 24.9 Å². The van der Waals surface area contributed by atoms with Gasteiger partial charge in [-0.25, -0.2) is 12.8 Å². The highest BCUT2D eigenvalue weighted by Gasteiger charge is 2.28. The van der Waals surface area contributed by atoms with Crippen LogP contribution < -0.4 is 10.1 Å². The van der Waals surface area contributed by atoms with E-state index < -0.39 is 15.8 Å². The van der Waals surface area contributed by atoms with E-state index in [1.807, 2.05) is 30.3 Å². The molecule has 3 aromatic carbocycles. The number of nitrogens with one attached hydrogen (secondary N) is 1. The normalized spacial score (nSPS) is 14.2. The number of carbonyl (C=O) groups excluding carboxylic acids is 1. The van der Waals surface area contributed by atoms with Crippen molar-refractivity contribution in [2.24, 2.45) is 0 Å². The number of rotatable bonds is 5. The molecule has 0 radical (unpaired) electrons. The Morgan fingerprint density at radius 3 is 2.62 bits per heavy atom. The van der Waals surface area contributed by atoms with Gasteiger partial charge in [-0.05, 0) is 48.4 Å². The van der Waals surface area contributed by atoms with E-state index in [9.17, 15) is 17.6 Å². The topological polar surface area (TPSA) is 75.7 Å². The molecule has 1 aliphatic heterocycles. The number of aryl methyl sites for hydroxylation is 1. The van der Waals surface area contributed by atoms with E-state index in [0.29, 0.717) is 29.0 Å². The molecular weight excluding hydrogens is 431 g/mol. The Balaban J connectivity index is 1.55. The third-order valence-corrected chi connectivity index (χ3v) is 7.19. The molecule has 1 amide bonds. The minimum Gasteiger partial charge on any atom is -0.492 e. The van der Waals surface area contributed by atoms with Crippen LogP contribution in [0.25, 0.3) is 0 Å². The lowest BCUT2D eigenvalue weighted by Gasteiger charge is -2.20. The SMILES string of the molecule is Cc1ccc(S(=O)(=O)N2CCOc3ccc(C(=O)NCc4ccccc4)cc3C2)cc1F. The number of sulfonamides is 1. The molecule has 8 heteroatoms. The Hall–Kier alpha value is -3.23. The molecule has 0 spiro atoms. The van der Waals surface area contributed by atoms with Crippen LogP contribution in [0, 0.1) is 12.7 Å². The van der Waals surface area contributed by atoms with E-state index in [4.69, 9.17) is 4.74 Å². The van der Waals surface area contributed by atoms with Crippen molar-refractivity contribution in [3.8, 4) is 5.75 Å². The summed E-state index contributed by atoms with van der Waals surface area (Å²) < 4.78 is 47.2. The summed E-state index contributed by atoms with van der Waals surface area (Å²) in [6.07, 6.45) is 0. The zero-order valence-corrected chi connectivity index (χ0v) is 18.4. The first-order chi connectivity index (χ1) is 15.3. The molecule has 6 nitrogen and oxygen atoms in total. The Bertz CT molecular complexity index is 1250. The summed E-state index contributed by atoms with van der Waals surface area (Å²) in [6.45, 7) is 2.24. The van der Waals surface area contributed by atoms with E-state index >= 15 is 0 Å². The molecule has 3 aromatic rings. The lowest BCUT2D eigenvalue weighted by Crippen LogP contribution is -2.32. The lowest BCUT2D eigenvalue weighted by atomic mass is 10.1. The molecule has 4 rings (SSSR count).